The highest BCUT2D eigenvalue weighted by Gasteiger charge is 2.26. The first-order chi connectivity index (χ1) is 25.3. The number of piperazine rings is 1. The van der Waals surface area contributed by atoms with Gasteiger partial charge in [-0.15, -0.1) is 0 Å². The standard InChI is InChI=1S/C41H44FN7O3/c1-26-24-49(25-27(2)45-26)19-18-28-10-12-29(13-11-28)30-6-5-7-34(20-30)52-41-35(21-31(42)22-44-41)39(50)46-32-14-16-33(17-15-32)47-40(51)38-23-43-36-8-3-4-9-37(36)48-38/h3-13,20-23,26-27,32-33,45H,14-19,24-25H2,1-2H3,(H,46,50)(H,47,51). The first-order valence-corrected chi connectivity index (χ1v) is 18.1. The van der Waals surface area contributed by atoms with Gasteiger partial charge in [0.05, 0.1) is 23.4 Å². The first-order valence-electron chi connectivity index (χ1n) is 18.1. The summed E-state index contributed by atoms with van der Waals surface area (Å²) in [6.07, 6.45) is 6.16. The van der Waals surface area contributed by atoms with Crippen LogP contribution in [-0.4, -0.2) is 75.5 Å². The maximum absolute atomic E-state index is 14.4. The van der Waals surface area contributed by atoms with E-state index in [0.717, 1.165) is 55.0 Å². The quantitative estimate of drug-likeness (QED) is 0.155. The van der Waals surface area contributed by atoms with Gasteiger partial charge in [-0.3, -0.25) is 19.5 Å². The summed E-state index contributed by atoms with van der Waals surface area (Å²) in [7, 11) is 0. The number of carbonyl (C=O) groups is 2. The number of pyridine rings is 1. The Morgan fingerprint density at radius 2 is 1.50 bits per heavy atom. The van der Waals surface area contributed by atoms with Crippen LogP contribution < -0.4 is 20.7 Å². The van der Waals surface area contributed by atoms with Crippen molar-refractivity contribution in [3.8, 4) is 22.8 Å². The molecule has 1 aliphatic heterocycles. The molecular formula is C41H44FN7O3. The third-order valence-corrected chi connectivity index (χ3v) is 9.83. The molecule has 268 valence electrons. The molecule has 3 N–H and O–H groups in total. The number of nitrogens with one attached hydrogen (secondary N) is 3. The average Bonchev–Trinajstić information content (AvgIpc) is 3.15. The Balaban J connectivity index is 0.935. The number of hydrogen-bond donors (Lipinski definition) is 3. The number of halogens is 1. The summed E-state index contributed by atoms with van der Waals surface area (Å²) in [5, 5.41) is 9.66. The van der Waals surface area contributed by atoms with Crippen molar-refractivity contribution in [2.45, 2.75) is 70.1 Å². The number of para-hydroxylation sites is 2. The topological polar surface area (TPSA) is 121 Å². The van der Waals surface area contributed by atoms with Gasteiger partial charge in [-0.1, -0.05) is 48.5 Å². The van der Waals surface area contributed by atoms with E-state index < -0.39 is 11.7 Å². The van der Waals surface area contributed by atoms with E-state index in [1.807, 2.05) is 42.5 Å². The summed E-state index contributed by atoms with van der Waals surface area (Å²) in [4.78, 5) is 41.8. The predicted octanol–water partition coefficient (Wildman–Crippen LogP) is 6.32. The molecule has 52 heavy (non-hydrogen) atoms. The highest BCUT2D eigenvalue weighted by atomic mass is 19.1. The molecule has 7 rings (SSSR count). The van der Waals surface area contributed by atoms with Crippen LogP contribution in [-0.2, 0) is 6.42 Å². The van der Waals surface area contributed by atoms with E-state index in [1.165, 1.54) is 11.8 Å². The molecule has 0 radical (unpaired) electrons. The van der Waals surface area contributed by atoms with Gasteiger partial charge in [0, 0.05) is 43.8 Å². The molecule has 2 unspecified atom stereocenters. The van der Waals surface area contributed by atoms with Crippen LogP contribution in [0.3, 0.4) is 0 Å². The summed E-state index contributed by atoms with van der Waals surface area (Å²) in [6.45, 7) is 7.63. The van der Waals surface area contributed by atoms with Crippen LogP contribution >= 0.6 is 0 Å². The van der Waals surface area contributed by atoms with Crippen LogP contribution in [0.1, 0.15) is 65.9 Å². The number of nitrogens with zero attached hydrogens (tertiary/aromatic N) is 4. The lowest BCUT2D eigenvalue weighted by molar-refractivity contribution is 0.0887. The van der Waals surface area contributed by atoms with Crippen molar-refractivity contribution in [2.24, 2.45) is 0 Å². The maximum atomic E-state index is 14.4. The summed E-state index contributed by atoms with van der Waals surface area (Å²) in [5.74, 6) is -0.845. The third kappa shape index (κ3) is 8.78. The molecule has 3 aromatic carbocycles. The number of carbonyl (C=O) groups excluding carboxylic acids is 2. The van der Waals surface area contributed by atoms with Gasteiger partial charge in [0.1, 0.15) is 22.8 Å². The molecule has 10 nitrogen and oxygen atoms in total. The number of benzene rings is 3. The van der Waals surface area contributed by atoms with Crippen molar-refractivity contribution in [3.05, 3.63) is 114 Å². The zero-order valence-corrected chi connectivity index (χ0v) is 29.5. The summed E-state index contributed by atoms with van der Waals surface area (Å²) >= 11 is 0. The van der Waals surface area contributed by atoms with Crippen LogP contribution in [0.5, 0.6) is 11.6 Å². The van der Waals surface area contributed by atoms with E-state index in [4.69, 9.17) is 4.74 Å². The molecule has 0 spiro atoms. The normalized spacial score (nSPS) is 20.7. The van der Waals surface area contributed by atoms with Gasteiger partial charge < -0.3 is 20.7 Å². The number of hydrogen-bond acceptors (Lipinski definition) is 8. The number of ether oxygens (including phenoxy) is 1. The summed E-state index contributed by atoms with van der Waals surface area (Å²) < 4.78 is 20.5. The second-order valence-corrected chi connectivity index (χ2v) is 14.1. The second kappa shape index (κ2) is 16.0. The van der Waals surface area contributed by atoms with Crippen molar-refractivity contribution in [1.29, 1.82) is 0 Å². The number of aromatic nitrogens is 3. The Morgan fingerprint density at radius 3 is 2.23 bits per heavy atom. The van der Waals surface area contributed by atoms with Crippen LogP contribution in [0, 0.1) is 5.82 Å². The van der Waals surface area contributed by atoms with Gasteiger partial charge in [0.2, 0.25) is 5.88 Å². The SMILES string of the molecule is CC1CN(CCc2ccc(-c3cccc(Oc4ncc(F)cc4C(=O)NC4CCC(NC(=O)c5cnc6ccccc6n5)CC4)c3)cc2)CC(C)N1. The van der Waals surface area contributed by atoms with E-state index in [1.54, 1.807) is 6.07 Å². The molecule has 5 aromatic rings. The van der Waals surface area contributed by atoms with Gasteiger partial charge in [-0.25, -0.2) is 14.4 Å². The van der Waals surface area contributed by atoms with E-state index >= 15 is 0 Å². The predicted molar refractivity (Wildman–Crippen MR) is 199 cm³/mol. The van der Waals surface area contributed by atoms with Crippen LogP contribution in [0.4, 0.5) is 4.39 Å². The largest absolute Gasteiger partial charge is 0.438 e. The fourth-order valence-corrected chi connectivity index (χ4v) is 7.27. The molecule has 1 aliphatic carbocycles. The second-order valence-electron chi connectivity index (χ2n) is 14.1. The Bertz CT molecular complexity index is 2020. The lowest BCUT2D eigenvalue weighted by Crippen LogP contribution is -2.54. The van der Waals surface area contributed by atoms with Gasteiger partial charge in [-0.2, -0.15) is 0 Å². The minimum Gasteiger partial charge on any atom is -0.438 e. The zero-order chi connectivity index (χ0) is 36.0. The van der Waals surface area contributed by atoms with Crippen molar-refractivity contribution in [2.75, 3.05) is 19.6 Å². The third-order valence-electron chi connectivity index (χ3n) is 9.83. The number of amides is 2. The Labute approximate surface area is 303 Å². The van der Waals surface area contributed by atoms with Gasteiger partial charge in [0.15, 0.2) is 0 Å². The van der Waals surface area contributed by atoms with Gasteiger partial charge >= 0.3 is 0 Å². The number of rotatable bonds is 10. The monoisotopic (exact) mass is 701 g/mol. The first kappa shape index (κ1) is 35.2. The summed E-state index contributed by atoms with van der Waals surface area (Å²) in [5.41, 5.74) is 4.97. The fraction of sp³-hybridized carbons (Fsp3) is 0.341. The molecule has 1 saturated heterocycles. The molecule has 1 saturated carbocycles. The van der Waals surface area contributed by atoms with Crippen molar-refractivity contribution in [1.82, 2.24) is 35.8 Å². The van der Waals surface area contributed by atoms with Gasteiger partial charge in [-0.05, 0) is 93.0 Å². The molecular weight excluding hydrogens is 657 g/mol. The molecule has 3 heterocycles. The van der Waals surface area contributed by atoms with Crippen LogP contribution in [0.15, 0.2) is 91.3 Å². The Morgan fingerprint density at radius 1 is 0.808 bits per heavy atom. The van der Waals surface area contributed by atoms with Crippen molar-refractivity contribution in [3.63, 3.8) is 0 Å². The Kier molecular flexibility index (Phi) is 10.8. The minimum absolute atomic E-state index is 0.0216. The van der Waals surface area contributed by atoms with Crippen LogP contribution in [0.25, 0.3) is 22.2 Å². The molecule has 2 aromatic heterocycles. The fourth-order valence-electron chi connectivity index (χ4n) is 7.27. The van der Waals surface area contributed by atoms with Crippen molar-refractivity contribution >= 4 is 22.8 Å². The van der Waals surface area contributed by atoms with Crippen molar-refractivity contribution < 1.29 is 18.7 Å². The highest BCUT2D eigenvalue weighted by molar-refractivity contribution is 5.96. The maximum Gasteiger partial charge on any atom is 0.271 e. The molecule has 2 amide bonds. The van der Waals surface area contributed by atoms with E-state index in [9.17, 15) is 14.0 Å². The highest BCUT2D eigenvalue weighted by Crippen LogP contribution is 2.29. The van der Waals surface area contributed by atoms with E-state index in [0.29, 0.717) is 49.0 Å². The molecule has 2 fully saturated rings. The number of fused-ring (bicyclic) bond motifs is 1. The lowest BCUT2D eigenvalue weighted by Gasteiger charge is -2.36. The molecule has 0 bridgehead atoms. The summed E-state index contributed by atoms with van der Waals surface area (Å²) in [6, 6.07) is 25.5. The smallest absolute Gasteiger partial charge is 0.271 e. The van der Waals surface area contributed by atoms with Crippen LogP contribution in [0.2, 0.25) is 0 Å². The van der Waals surface area contributed by atoms with E-state index in [2.05, 4.69) is 73.9 Å². The van der Waals surface area contributed by atoms with Gasteiger partial charge in [0.25, 0.3) is 11.8 Å². The molecule has 2 aliphatic rings. The molecule has 2 atom stereocenters. The Hall–Kier alpha value is -5.26. The zero-order valence-electron chi connectivity index (χ0n) is 29.5. The lowest BCUT2D eigenvalue weighted by atomic mass is 9.91. The van der Waals surface area contributed by atoms with E-state index in [-0.39, 0.29) is 35.1 Å². The minimum atomic E-state index is -0.629. The molecule has 11 heteroatoms. The average molecular weight is 702 g/mol.